The Morgan fingerprint density at radius 2 is 1.75 bits per heavy atom. The van der Waals surface area contributed by atoms with Gasteiger partial charge in [-0.3, -0.25) is 4.79 Å². The summed E-state index contributed by atoms with van der Waals surface area (Å²) < 4.78 is 23.1. The summed E-state index contributed by atoms with van der Waals surface area (Å²) in [4.78, 5) is 11.7. The second kappa shape index (κ2) is 5.26. The van der Waals surface area contributed by atoms with Crippen molar-refractivity contribution in [1.82, 2.24) is 0 Å². The fourth-order valence-corrected chi connectivity index (χ4v) is 2.92. The molecule has 0 unspecified atom stereocenters. The van der Waals surface area contributed by atoms with Crippen molar-refractivity contribution < 1.29 is 13.2 Å². The molecule has 2 aromatic rings. The number of halogens is 1. The number of fused-ring (bicyclic) bond motifs is 1. The number of nitrogens with one attached hydrogen (secondary N) is 1. The van der Waals surface area contributed by atoms with Crippen molar-refractivity contribution in [1.29, 1.82) is 0 Å². The standard InChI is InChI=1S/C14H12ClNO3S/c1-9(2)14(17)16-12-7-3-6-11-10(12)5-4-8-13(11)20(15,18)19/h3-8H,1H2,2H3,(H,16,17). The van der Waals surface area contributed by atoms with Crippen LogP contribution in [0.3, 0.4) is 0 Å². The second-order valence-corrected chi connectivity index (χ2v) is 6.86. The van der Waals surface area contributed by atoms with Crippen molar-refractivity contribution in [2.75, 3.05) is 5.32 Å². The summed E-state index contributed by atoms with van der Waals surface area (Å²) in [7, 11) is 1.57. The topological polar surface area (TPSA) is 63.2 Å². The van der Waals surface area contributed by atoms with Gasteiger partial charge in [0, 0.05) is 32.7 Å². The van der Waals surface area contributed by atoms with Gasteiger partial charge in [-0.25, -0.2) is 8.42 Å². The molecule has 0 radical (unpaired) electrons. The van der Waals surface area contributed by atoms with E-state index >= 15 is 0 Å². The molecule has 4 nitrogen and oxygen atoms in total. The van der Waals surface area contributed by atoms with Crippen LogP contribution in [-0.2, 0) is 13.8 Å². The van der Waals surface area contributed by atoms with Crippen LogP contribution in [0.15, 0.2) is 53.4 Å². The zero-order valence-corrected chi connectivity index (χ0v) is 12.3. The lowest BCUT2D eigenvalue weighted by atomic mass is 10.1. The van der Waals surface area contributed by atoms with Gasteiger partial charge < -0.3 is 5.32 Å². The third-order valence-electron chi connectivity index (χ3n) is 2.78. The number of carbonyl (C=O) groups excluding carboxylic acids is 1. The predicted octanol–water partition coefficient (Wildman–Crippen LogP) is 3.28. The SMILES string of the molecule is C=C(C)C(=O)Nc1cccc2c(S(=O)(=O)Cl)cccc12. The van der Waals surface area contributed by atoms with E-state index in [0.29, 0.717) is 22.0 Å². The first kappa shape index (κ1) is 14.6. The normalized spacial score (nSPS) is 11.3. The Morgan fingerprint density at radius 1 is 1.15 bits per heavy atom. The number of amides is 1. The minimum Gasteiger partial charge on any atom is -0.322 e. The first-order chi connectivity index (χ1) is 9.30. The van der Waals surface area contributed by atoms with Gasteiger partial charge in [0.15, 0.2) is 0 Å². The van der Waals surface area contributed by atoms with E-state index in [-0.39, 0.29) is 10.8 Å². The molecular weight excluding hydrogens is 298 g/mol. The third-order valence-corrected chi connectivity index (χ3v) is 4.16. The van der Waals surface area contributed by atoms with Gasteiger partial charge in [-0.15, -0.1) is 0 Å². The van der Waals surface area contributed by atoms with Crippen molar-refractivity contribution in [3.63, 3.8) is 0 Å². The molecule has 0 spiro atoms. The highest BCUT2D eigenvalue weighted by atomic mass is 35.7. The number of hydrogen-bond acceptors (Lipinski definition) is 3. The van der Waals surface area contributed by atoms with Crippen LogP contribution in [0.5, 0.6) is 0 Å². The number of hydrogen-bond donors (Lipinski definition) is 1. The lowest BCUT2D eigenvalue weighted by Gasteiger charge is -2.10. The summed E-state index contributed by atoms with van der Waals surface area (Å²) in [5.41, 5.74) is 0.876. The van der Waals surface area contributed by atoms with Gasteiger partial charge in [-0.1, -0.05) is 30.8 Å². The average Bonchev–Trinajstić information content (AvgIpc) is 2.37. The molecule has 2 aromatic carbocycles. The maximum atomic E-state index is 11.7. The molecular formula is C14H12ClNO3S. The van der Waals surface area contributed by atoms with E-state index in [2.05, 4.69) is 11.9 Å². The molecule has 6 heteroatoms. The largest absolute Gasteiger partial charge is 0.322 e. The molecule has 0 aliphatic rings. The van der Waals surface area contributed by atoms with Gasteiger partial charge in [-0.2, -0.15) is 0 Å². The molecule has 2 rings (SSSR count). The molecule has 0 saturated carbocycles. The maximum absolute atomic E-state index is 11.7. The van der Waals surface area contributed by atoms with Crippen LogP contribution in [0.2, 0.25) is 0 Å². The first-order valence-corrected chi connectivity index (χ1v) is 8.05. The molecule has 1 amide bonds. The highest BCUT2D eigenvalue weighted by molar-refractivity contribution is 8.14. The first-order valence-electron chi connectivity index (χ1n) is 5.74. The fraction of sp³-hybridized carbons (Fsp3) is 0.0714. The zero-order valence-electron chi connectivity index (χ0n) is 10.7. The van der Waals surface area contributed by atoms with Gasteiger partial charge in [0.25, 0.3) is 15.0 Å². The van der Waals surface area contributed by atoms with Gasteiger partial charge in [0.05, 0.1) is 4.90 Å². The predicted molar refractivity (Wildman–Crippen MR) is 80.4 cm³/mol. The number of carbonyl (C=O) groups is 1. The minimum atomic E-state index is -3.85. The molecule has 0 heterocycles. The lowest BCUT2D eigenvalue weighted by molar-refractivity contribution is -0.112. The minimum absolute atomic E-state index is 0.0168. The van der Waals surface area contributed by atoms with E-state index in [0.717, 1.165) is 0 Å². The van der Waals surface area contributed by atoms with Crippen molar-refractivity contribution in [2.45, 2.75) is 11.8 Å². The summed E-state index contributed by atoms with van der Waals surface area (Å²) >= 11 is 0. The molecule has 1 N–H and O–H groups in total. The van der Waals surface area contributed by atoms with Crippen LogP contribution in [0.4, 0.5) is 5.69 Å². The molecule has 0 fully saturated rings. The van der Waals surface area contributed by atoms with E-state index in [4.69, 9.17) is 10.7 Å². The summed E-state index contributed by atoms with van der Waals surface area (Å²) in [5.74, 6) is -0.323. The monoisotopic (exact) mass is 309 g/mol. The zero-order chi connectivity index (χ0) is 14.9. The van der Waals surface area contributed by atoms with Crippen LogP contribution in [-0.4, -0.2) is 14.3 Å². The molecule has 0 aromatic heterocycles. The fourth-order valence-electron chi connectivity index (χ4n) is 1.83. The van der Waals surface area contributed by atoms with Gasteiger partial charge in [0.2, 0.25) is 0 Å². The van der Waals surface area contributed by atoms with Crippen molar-refractivity contribution in [2.24, 2.45) is 0 Å². The molecule has 104 valence electrons. The summed E-state index contributed by atoms with van der Waals surface area (Å²) in [6.45, 7) is 5.15. The highest BCUT2D eigenvalue weighted by Gasteiger charge is 2.15. The Balaban J connectivity index is 2.66. The highest BCUT2D eigenvalue weighted by Crippen LogP contribution is 2.30. The quantitative estimate of drug-likeness (QED) is 0.699. The third kappa shape index (κ3) is 2.84. The molecule has 0 aliphatic heterocycles. The van der Waals surface area contributed by atoms with Crippen LogP contribution in [0.1, 0.15) is 6.92 Å². The Morgan fingerprint density at radius 3 is 2.35 bits per heavy atom. The van der Waals surface area contributed by atoms with Gasteiger partial charge >= 0.3 is 0 Å². The van der Waals surface area contributed by atoms with Gasteiger partial charge in [-0.05, 0) is 19.1 Å². The van der Waals surface area contributed by atoms with Crippen LogP contribution >= 0.6 is 10.7 Å². The van der Waals surface area contributed by atoms with Crippen molar-refractivity contribution >= 4 is 42.1 Å². The Labute approximate surface area is 121 Å². The smallest absolute Gasteiger partial charge is 0.261 e. The maximum Gasteiger partial charge on any atom is 0.261 e. The van der Waals surface area contributed by atoms with Crippen LogP contribution in [0, 0.1) is 0 Å². The molecule has 0 bridgehead atoms. The molecule has 0 atom stereocenters. The van der Waals surface area contributed by atoms with E-state index in [1.54, 1.807) is 37.3 Å². The molecule has 0 saturated heterocycles. The lowest BCUT2D eigenvalue weighted by Crippen LogP contribution is -2.12. The van der Waals surface area contributed by atoms with Crippen LogP contribution < -0.4 is 5.32 Å². The van der Waals surface area contributed by atoms with Gasteiger partial charge in [0.1, 0.15) is 0 Å². The number of benzene rings is 2. The van der Waals surface area contributed by atoms with E-state index < -0.39 is 9.05 Å². The summed E-state index contributed by atoms with van der Waals surface area (Å²) in [5, 5.41) is 3.75. The van der Waals surface area contributed by atoms with E-state index in [1.165, 1.54) is 6.07 Å². The Bertz CT molecular complexity index is 812. The van der Waals surface area contributed by atoms with E-state index in [1.807, 2.05) is 0 Å². The number of anilines is 1. The van der Waals surface area contributed by atoms with Crippen LogP contribution in [0.25, 0.3) is 10.8 Å². The number of rotatable bonds is 3. The molecule has 20 heavy (non-hydrogen) atoms. The summed E-state index contributed by atoms with van der Waals surface area (Å²) in [6.07, 6.45) is 0. The average molecular weight is 310 g/mol. The Kier molecular flexibility index (Phi) is 3.83. The molecule has 0 aliphatic carbocycles. The van der Waals surface area contributed by atoms with Crippen molar-refractivity contribution in [3.05, 3.63) is 48.6 Å². The van der Waals surface area contributed by atoms with Crippen molar-refractivity contribution in [3.8, 4) is 0 Å². The summed E-state index contributed by atoms with van der Waals surface area (Å²) in [6, 6.07) is 9.70. The van der Waals surface area contributed by atoms with E-state index in [9.17, 15) is 13.2 Å². The Hall–Kier alpha value is -1.85. The second-order valence-electron chi connectivity index (χ2n) is 4.33.